The van der Waals surface area contributed by atoms with E-state index in [0.29, 0.717) is 0 Å². The van der Waals surface area contributed by atoms with E-state index in [1.165, 1.54) is 60.9 Å². The topological polar surface area (TPSA) is 0 Å². The summed E-state index contributed by atoms with van der Waals surface area (Å²) in [4.78, 5) is 0. The van der Waals surface area contributed by atoms with Crippen LogP contribution in [0.3, 0.4) is 0 Å². The number of fused-ring (bicyclic) bond motifs is 9. The van der Waals surface area contributed by atoms with Crippen LogP contribution in [0, 0.1) is 0 Å². The Labute approximate surface area is 243 Å². The molecule has 2 aliphatic carbocycles. The highest BCUT2D eigenvalue weighted by Gasteiger charge is 2.53. The highest BCUT2D eigenvalue weighted by atomic mass is 14.5. The van der Waals surface area contributed by atoms with Gasteiger partial charge in [-0.15, -0.1) is 0 Å². The number of benzene rings is 6. The molecule has 6 aromatic rings. The van der Waals surface area contributed by atoms with Crippen molar-refractivity contribution in [1.29, 1.82) is 0 Å². The van der Waals surface area contributed by atoms with E-state index in [-0.39, 0.29) is 17.5 Å². The lowest BCUT2D eigenvalue weighted by Crippen LogP contribution is -2.52. The summed E-state index contributed by atoms with van der Waals surface area (Å²) in [5, 5.41) is 0. The van der Waals surface area contributed by atoms with Crippen LogP contribution in [-0.2, 0) is 10.8 Å². The van der Waals surface area contributed by atoms with E-state index in [1.54, 1.807) is 0 Å². The SMILES string of the molecule is CC1(C)c2ccccc2C2(c3ccccc3-c3c(B(c4ccccc4)c4ccccc4)cccc32)c2ccccc21. The van der Waals surface area contributed by atoms with Crippen molar-refractivity contribution in [3.8, 4) is 11.1 Å². The van der Waals surface area contributed by atoms with Crippen molar-refractivity contribution in [3.63, 3.8) is 0 Å². The molecule has 1 heteroatoms. The van der Waals surface area contributed by atoms with Gasteiger partial charge in [0.05, 0.1) is 5.41 Å². The molecule has 1 spiro atoms. The predicted octanol–water partition coefficient (Wildman–Crippen LogP) is 7.21. The van der Waals surface area contributed by atoms with E-state index in [9.17, 15) is 0 Å². The molecule has 0 fully saturated rings. The largest absolute Gasteiger partial charge is 0.242 e. The van der Waals surface area contributed by atoms with Crippen LogP contribution in [-0.4, -0.2) is 6.71 Å². The second-order valence-electron chi connectivity index (χ2n) is 12.0. The van der Waals surface area contributed by atoms with Gasteiger partial charge in [-0.3, -0.25) is 0 Å². The van der Waals surface area contributed by atoms with Crippen molar-refractivity contribution in [1.82, 2.24) is 0 Å². The molecule has 0 saturated carbocycles. The van der Waals surface area contributed by atoms with Crippen LogP contribution in [0.1, 0.15) is 47.2 Å². The Bertz CT molecular complexity index is 1830. The highest BCUT2D eigenvalue weighted by Crippen LogP contribution is 2.61. The van der Waals surface area contributed by atoms with Gasteiger partial charge in [0.2, 0.25) is 6.71 Å². The Kier molecular flexibility index (Phi) is 5.28. The summed E-state index contributed by atoms with van der Waals surface area (Å²) in [5.41, 5.74) is 14.7. The summed E-state index contributed by atoms with van der Waals surface area (Å²) in [6.45, 7) is 4.90. The first-order valence-electron chi connectivity index (χ1n) is 14.7. The average Bonchev–Trinajstić information content (AvgIpc) is 3.33. The van der Waals surface area contributed by atoms with E-state index < -0.39 is 0 Å². The summed E-state index contributed by atoms with van der Waals surface area (Å²) in [5.74, 6) is 0. The highest BCUT2D eigenvalue weighted by molar-refractivity contribution is 6.96. The third-order valence-corrected chi connectivity index (χ3v) is 9.69. The third-order valence-electron chi connectivity index (χ3n) is 9.69. The maximum Gasteiger partial charge on any atom is 0.242 e. The Morgan fingerprint density at radius 1 is 0.390 bits per heavy atom. The van der Waals surface area contributed by atoms with E-state index >= 15 is 0 Å². The molecule has 8 rings (SSSR count). The predicted molar refractivity (Wildman–Crippen MR) is 173 cm³/mol. The lowest BCUT2D eigenvalue weighted by Gasteiger charge is -2.46. The second kappa shape index (κ2) is 8.95. The van der Waals surface area contributed by atoms with Crippen LogP contribution in [0.15, 0.2) is 152 Å². The minimum absolute atomic E-state index is 0.0929. The quantitative estimate of drug-likeness (QED) is 0.215. The fourth-order valence-corrected chi connectivity index (χ4v) is 8.02. The fraction of sp³-hybridized carbons (Fsp3) is 0.100. The van der Waals surface area contributed by atoms with Crippen molar-refractivity contribution >= 4 is 23.1 Å². The molecule has 0 aliphatic heterocycles. The van der Waals surface area contributed by atoms with Crippen LogP contribution in [0.4, 0.5) is 0 Å². The molecule has 0 unspecified atom stereocenters. The van der Waals surface area contributed by atoms with Crippen molar-refractivity contribution in [3.05, 3.63) is 185 Å². The Balaban J connectivity index is 1.52. The average molecular weight is 523 g/mol. The first-order valence-corrected chi connectivity index (χ1v) is 14.7. The molecule has 0 bridgehead atoms. The molecule has 194 valence electrons. The van der Waals surface area contributed by atoms with Gasteiger partial charge < -0.3 is 0 Å². The van der Waals surface area contributed by atoms with Crippen LogP contribution in [0.5, 0.6) is 0 Å². The smallest absolute Gasteiger partial charge is 0.0686 e. The van der Waals surface area contributed by atoms with E-state index in [1.807, 2.05) is 0 Å². The Hall–Kier alpha value is -4.62. The minimum atomic E-state index is -0.372. The van der Waals surface area contributed by atoms with Crippen molar-refractivity contribution in [2.75, 3.05) is 0 Å². The molecule has 2 aliphatic rings. The maximum absolute atomic E-state index is 2.40. The normalized spacial score (nSPS) is 15.0. The van der Waals surface area contributed by atoms with Gasteiger partial charge in [-0.1, -0.05) is 182 Å². The van der Waals surface area contributed by atoms with Crippen molar-refractivity contribution in [2.45, 2.75) is 24.7 Å². The molecule has 0 atom stereocenters. The zero-order valence-electron chi connectivity index (χ0n) is 23.5. The Morgan fingerprint density at radius 3 is 1.39 bits per heavy atom. The van der Waals surface area contributed by atoms with E-state index in [0.717, 1.165) is 0 Å². The number of hydrogen-bond acceptors (Lipinski definition) is 0. The van der Waals surface area contributed by atoms with Gasteiger partial charge in [0, 0.05) is 5.41 Å². The van der Waals surface area contributed by atoms with Crippen molar-refractivity contribution < 1.29 is 0 Å². The first kappa shape index (κ1) is 24.2. The monoisotopic (exact) mass is 522 g/mol. The Morgan fingerprint density at radius 2 is 0.829 bits per heavy atom. The number of rotatable bonds is 3. The van der Waals surface area contributed by atoms with E-state index in [4.69, 9.17) is 0 Å². The summed E-state index contributed by atoms with van der Waals surface area (Å²) >= 11 is 0. The molecule has 6 aromatic carbocycles. The van der Waals surface area contributed by atoms with Crippen LogP contribution in [0.2, 0.25) is 0 Å². The van der Waals surface area contributed by atoms with Gasteiger partial charge in [-0.2, -0.15) is 0 Å². The molecular formula is C40H31B. The molecule has 0 radical (unpaired) electrons. The summed E-state index contributed by atoms with van der Waals surface area (Å²) in [6.07, 6.45) is 0. The van der Waals surface area contributed by atoms with Gasteiger partial charge >= 0.3 is 0 Å². The molecule has 41 heavy (non-hydrogen) atoms. The van der Waals surface area contributed by atoms with Crippen molar-refractivity contribution in [2.24, 2.45) is 0 Å². The lowest BCUT2D eigenvalue weighted by atomic mass is 9.36. The van der Waals surface area contributed by atoms with Gasteiger partial charge in [-0.05, 0) is 44.5 Å². The molecule has 0 aromatic heterocycles. The molecular weight excluding hydrogens is 491 g/mol. The maximum atomic E-state index is 2.40. The molecule has 0 saturated heterocycles. The standard InChI is InChI=1S/C40H31B/c1-39(2)32-22-11-13-24-34(32)40(35-25-14-12-23-33(35)39)31-21-10-9-20-30(31)38-36(40)26-15-27-37(38)41(28-16-5-3-6-17-28)29-18-7-4-8-19-29/h3-27H,1-2H3. The summed E-state index contributed by atoms with van der Waals surface area (Å²) < 4.78 is 0. The third kappa shape index (κ3) is 3.24. The van der Waals surface area contributed by atoms with Gasteiger partial charge in [0.25, 0.3) is 0 Å². The summed E-state index contributed by atoms with van der Waals surface area (Å²) in [7, 11) is 0. The van der Waals surface area contributed by atoms with Gasteiger partial charge in [0.15, 0.2) is 0 Å². The molecule has 0 nitrogen and oxygen atoms in total. The van der Waals surface area contributed by atoms with E-state index in [2.05, 4.69) is 166 Å². The molecule has 0 N–H and O–H groups in total. The lowest BCUT2D eigenvalue weighted by molar-refractivity contribution is 0.563. The molecule has 0 heterocycles. The minimum Gasteiger partial charge on any atom is -0.0686 e. The first-order chi connectivity index (χ1) is 20.1. The zero-order valence-corrected chi connectivity index (χ0v) is 23.5. The van der Waals surface area contributed by atoms with Crippen LogP contribution in [0.25, 0.3) is 11.1 Å². The second-order valence-corrected chi connectivity index (χ2v) is 12.0. The van der Waals surface area contributed by atoms with Gasteiger partial charge in [-0.25, -0.2) is 0 Å². The number of hydrogen-bond donors (Lipinski definition) is 0. The molecule has 0 amide bonds. The fourth-order valence-electron chi connectivity index (χ4n) is 8.02. The van der Waals surface area contributed by atoms with Gasteiger partial charge in [0.1, 0.15) is 0 Å². The summed E-state index contributed by atoms with van der Waals surface area (Å²) in [6, 6.07) is 56.6. The zero-order chi connectivity index (χ0) is 27.6. The van der Waals surface area contributed by atoms with Crippen LogP contribution >= 0.6 is 0 Å². The van der Waals surface area contributed by atoms with Crippen LogP contribution < -0.4 is 16.4 Å².